The standard InChI is InChI=1S/C25H18F3NO3/c1-2-14-3-5-16(6-4-14)23(30)21-22(15-7-9-17(26)10-8-15)29(25(32)24(21)31)20-12-11-18(27)13-19(20)28/h3-13,22,30H,2H2,1H3/b23-21+. The second-order valence-corrected chi connectivity index (χ2v) is 7.37. The molecule has 1 saturated heterocycles. The monoisotopic (exact) mass is 437 g/mol. The summed E-state index contributed by atoms with van der Waals surface area (Å²) in [4.78, 5) is 26.8. The first-order valence-electron chi connectivity index (χ1n) is 9.92. The summed E-state index contributed by atoms with van der Waals surface area (Å²) in [5.74, 6) is -5.00. The van der Waals surface area contributed by atoms with E-state index in [-0.39, 0.29) is 16.8 Å². The Kier molecular flexibility index (Phi) is 5.57. The highest BCUT2D eigenvalue weighted by Gasteiger charge is 2.47. The maximum atomic E-state index is 14.6. The Balaban J connectivity index is 1.94. The van der Waals surface area contributed by atoms with Crippen LogP contribution >= 0.6 is 0 Å². The molecule has 0 radical (unpaired) electrons. The highest BCUT2D eigenvalue weighted by Crippen LogP contribution is 2.43. The molecule has 3 aromatic carbocycles. The summed E-state index contributed by atoms with van der Waals surface area (Å²) in [6, 6.07) is 13.1. The van der Waals surface area contributed by atoms with Gasteiger partial charge >= 0.3 is 0 Å². The Hall–Kier alpha value is -3.87. The van der Waals surface area contributed by atoms with E-state index >= 15 is 0 Å². The number of amides is 1. The molecular formula is C25H18F3NO3. The van der Waals surface area contributed by atoms with E-state index in [4.69, 9.17) is 0 Å². The molecule has 7 heteroatoms. The molecular weight excluding hydrogens is 419 g/mol. The molecule has 1 N–H and O–H groups in total. The summed E-state index contributed by atoms with van der Waals surface area (Å²) in [6.45, 7) is 1.96. The van der Waals surface area contributed by atoms with Crippen molar-refractivity contribution in [1.82, 2.24) is 0 Å². The molecule has 1 atom stereocenters. The van der Waals surface area contributed by atoms with Gasteiger partial charge in [-0.1, -0.05) is 43.3 Å². The van der Waals surface area contributed by atoms with Gasteiger partial charge in [0.2, 0.25) is 0 Å². The lowest BCUT2D eigenvalue weighted by atomic mass is 9.94. The lowest BCUT2D eigenvalue weighted by Gasteiger charge is -2.25. The van der Waals surface area contributed by atoms with Gasteiger partial charge in [0.25, 0.3) is 11.7 Å². The number of carbonyl (C=O) groups is 2. The zero-order chi connectivity index (χ0) is 23.0. The number of hydrogen-bond acceptors (Lipinski definition) is 3. The van der Waals surface area contributed by atoms with Crippen LogP contribution in [-0.2, 0) is 16.0 Å². The van der Waals surface area contributed by atoms with E-state index in [9.17, 15) is 27.9 Å². The van der Waals surface area contributed by atoms with Gasteiger partial charge in [-0.2, -0.15) is 0 Å². The molecule has 1 heterocycles. The Morgan fingerprint density at radius 1 is 0.906 bits per heavy atom. The number of halogens is 3. The van der Waals surface area contributed by atoms with Crippen LogP contribution in [-0.4, -0.2) is 16.8 Å². The van der Waals surface area contributed by atoms with Gasteiger partial charge < -0.3 is 5.11 Å². The fourth-order valence-electron chi connectivity index (χ4n) is 3.77. The highest BCUT2D eigenvalue weighted by atomic mass is 19.1. The van der Waals surface area contributed by atoms with Crippen LogP contribution in [0.15, 0.2) is 72.3 Å². The fraction of sp³-hybridized carbons (Fsp3) is 0.120. The molecule has 0 spiro atoms. The Morgan fingerprint density at radius 2 is 1.53 bits per heavy atom. The summed E-state index contributed by atoms with van der Waals surface area (Å²) in [7, 11) is 0. The van der Waals surface area contributed by atoms with Crippen LogP contribution in [0.4, 0.5) is 18.9 Å². The van der Waals surface area contributed by atoms with E-state index in [1.54, 1.807) is 24.3 Å². The topological polar surface area (TPSA) is 57.6 Å². The Bertz CT molecular complexity index is 1230. The zero-order valence-corrected chi connectivity index (χ0v) is 17.0. The summed E-state index contributed by atoms with van der Waals surface area (Å²) < 4.78 is 41.6. The van der Waals surface area contributed by atoms with E-state index < -0.39 is 40.9 Å². The van der Waals surface area contributed by atoms with Crippen molar-refractivity contribution < 1.29 is 27.9 Å². The van der Waals surface area contributed by atoms with Crippen molar-refractivity contribution >= 4 is 23.1 Å². The number of Topliss-reactive ketones (excluding diaryl/α,β-unsaturated/α-hetero) is 1. The molecule has 1 unspecified atom stereocenters. The first-order chi connectivity index (χ1) is 15.3. The SMILES string of the molecule is CCc1ccc(/C(O)=C2\C(=O)C(=O)N(c3ccc(F)cc3F)C2c2ccc(F)cc2)cc1. The minimum atomic E-state index is -1.23. The van der Waals surface area contributed by atoms with Crippen molar-refractivity contribution in [3.63, 3.8) is 0 Å². The Morgan fingerprint density at radius 3 is 2.12 bits per heavy atom. The molecule has 0 bridgehead atoms. The van der Waals surface area contributed by atoms with E-state index in [2.05, 4.69) is 0 Å². The van der Waals surface area contributed by atoms with Crippen molar-refractivity contribution in [2.75, 3.05) is 4.90 Å². The second kappa shape index (κ2) is 8.34. The van der Waals surface area contributed by atoms with Crippen molar-refractivity contribution in [2.24, 2.45) is 0 Å². The maximum absolute atomic E-state index is 14.6. The normalized spacial score (nSPS) is 17.8. The van der Waals surface area contributed by atoms with Crippen LogP contribution in [0, 0.1) is 17.5 Å². The molecule has 1 aliphatic heterocycles. The van der Waals surface area contributed by atoms with Gasteiger partial charge in [0.05, 0.1) is 17.3 Å². The summed E-state index contributed by atoms with van der Waals surface area (Å²) in [5, 5.41) is 11.0. The van der Waals surface area contributed by atoms with E-state index in [1.807, 2.05) is 6.92 Å². The summed E-state index contributed by atoms with van der Waals surface area (Å²) in [6.07, 6.45) is 0.769. The molecule has 1 aliphatic rings. The van der Waals surface area contributed by atoms with Gasteiger partial charge in [-0.05, 0) is 41.8 Å². The number of anilines is 1. The maximum Gasteiger partial charge on any atom is 0.300 e. The lowest BCUT2D eigenvalue weighted by Crippen LogP contribution is -2.30. The molecule has 1 amide bonds. The van der Waals surface area contributed by atoms with Crippen LogP contribution in [0.2, 0.25) is 0 Å². The van der Waals surface area contributed by atoms with E-state index in [1.165, 1.54) is 12.1 Å². The zero-order valence-electron chi connectivity index (χ0n) is 17.0. The van der Waals surface area contributed by atoms with E-state index in [0.29, 0.717) is 11.6 Å². The molecule has 0 aromatic heterocycles. The predicted molar refractivity (Wildman–Crippen MR) is 113 cm³/mol. The van der Waals surface area contributed by atoms with Crippen molar-refractivity contribution in [3.05, 3.63) is 106 Å². The highest BCUT2D eigenvalue weighted by molar-refractivity contribution is 6.51. The minimum Gasteiger partial charge on any atom is -0.507 e. The third kappa shape index (κ3) is 3.66. The third-order valence-electron chi connectivity index (χ3n) is 5.44. The number of benzene rings is 3. The number of rotatable bonds is 4. The van der Waals surface area contributed by atoms with Gasteiger partial charge in [0.1, 0.15) is 23.2 Å². The summed E-state index contributed by atoms with van der Waals surface area (Å²) in [5.41, 5.74) is 0.983. The van der Waals surface area contributed by atoms with Crippen LogP contribution in [0.25, 0.3) is 5.76 Å². The van der Waals surface area contributed by atoms with Crippen molar-refractivity contribution in [1.29, 1.82) is 0 Å². The van der Waals surface area contributed by atoms with Crippen molar-refractivity contribution in [3.8, 4) is 0 Å². The van der Waals surface area contributed by atoms with Gasteiger partial charge in [-0.3, -0.25) is 14.5 Å². The number of nitrogens with zero attached hydrogens (tertiary/aromatic N) is 1. The molecule has 32 heavy (non-hydrogen) atoms. The molecule has 4 nitrogen and oxygen atoms in total. The smallest absolute Gasteiger partial charge is 0.300 e. The third-order valence-corrected chi connectivity index (χ3v) is 5.44. The molecule has 0 aliphatic carbocycles. The largest absolute Gasteiger partial charge is 0.507 e. The average Bonchev–Trinajstić information content (AvgIpc) is 3.04. The van der Waals surface area contributed by atoms with Gasteiger partial charge in [-0.15, -0.1) is 0 Å². The molecule has 1 fully saturated rings. The Labute approximate surface area is 182 Å². The van der Waals surface area contributed by atoms with Crippen LogP contribution in [0.3, 0.4) is 0 Å². The van der Waals surface area contributed by atoms with Crippen LogP contribution in [0.5, 0.6) is 0 Å². The quantitative estimate of drug-likeness (QED) is 0.343. The number of aryl methyl sites for hydroxylation is 1. The fourth-order valence-corrected chi connectivity index (χ4v) is 3.77. The molecule has 4 rings (SSSR count). The van der Waals surface area contributed by atoms with Gasteiger partial charge in [0, 0.05) is 11.6 Å². The number of aliphatic hydroxyl groups is 1. The first-order valence-corrected chi connectivity index (χ1v) is 9.92. The molecule has 3 aromatic rings. The number of hydrogen-bond donors (Lipinski definition) is 1. The van der Waals surface area contributed by atoms with Crippen LogP contribution < -0.4 is 4.90 Å². The summed E-state index contributed by atoms with van der Waals surface area (Å²) >= 11 is 0. The van der Waals surface area contributed by atoms with Crippen LogP contribution in [0.1, 0.15) is 29.7 Å². The molecule has 0 saturated carbocycles. The lowest BCUT2D eigenvalue weighted by molar-refractivity contribution is -0.132. The van der Waals surface area contributed by atoms with E-state index in [0.717, 1.165) is 41.1 Å². The van der Waals surface area contributed by atoms with Gasteiger partial charge in [0.15, 0.2) is 0 Å². The second-order valence-electron chi connectivity index (χ2n) is 7.37. The minimum absolute atomic E-state index is 0.269. The number of ketones is 1. The molecule has 162 valence electrons. The van der Waals surface area contributed by atoms with Crippen molar-refractivity contribution in [2.45, 2.75) is 19.4 Å². The van der Waals surface area contributed by atoms with Gasteiger partial charge in [-0.25, -0.2) is 13.2 Å². The number of aliphatic hydroxyl groups excluding tert-OH is 1. The average molecular weight is 437 g/mol. The first kappa shape index (κ1) is 21.4. The number of carbonyl (C=O) groups excluding carboxylic acids is 2. The predicted octanol–water partition coefficient (Wildman–Crippen LogP) is 5.29.